The van der Waals surface area contributed by atoms with Crippen LogP contribution in [0.5, 0.6) is 5.75 Å². The van der Waals surface area contributed by atoms with Crippen LogP contribution in [0.3, 0.4) is 0 Å². The van der Waals surface area contributed by atoms with E-state index < -0.39 is 11.7 Å². The highest BCUT2D eigenvalue weighted by Gasteiger charge is 2.32. The summed E-state index contributed by atoms with van der Waals surface area (Å²) in [7, 11) is 3.31. The molecule has 2 rings (SSSR count). The quantitative estimate of drug-likeness (QED) is 0.323. The van der Waals surface area contributed by atoms with Gasteiger partial charge < -0.3 is 9.64 Å². The van der Waals surface area contributed by atoms with Gasteiger partial charge in [0.25, 0.3) is 0 Å². The number of nitrogens with zero attached hydrogens (tertiary/aromatic N) is 1. The van der Waals surface area contributed by atoms with Crippen LogP contribution in [0.25, 0.3) is 5.70 Å². The topological polar surface area (TPSA) is 12.5 Å². The van der Waals surface area contributed by atoms with Gasteiger partial charge in [-0.25, -0.2) is 0 Å². The summed E-state index contributed by atoms with van der Waals surface area (Å²) in [5.41, 5.74) is 3.96. The van der Waals surface area contributed by atoms with Crippen molar-refractivity contribution in [3.8, 4) is 5.75 Å². The third-order valence-corrected chi connectivity index (χ3v) is 6.29. The van der Waals surface area contributed by atoms with Crippen LogP contribution >= 0.6 is 0 Å². The predicted octanol–water partition coefficient (Wildman–Crippen LogP) is 8.26. The Morgan fingerprint density at radius 2 is 1.76 bits per heavy atom. The van der Waals surface area contributed by atoms with E-state index in [1.54, 1.807) is 0 Å². The van der Waals surface area contributed by atoms with Crippen LogP contribution in [-0.4, -0.2) is 25.1 Å². The molecule has 2 nitrogen and oxygen atoms in total. The minimum absolute atomic E-state index is 0.0835. The van der Waals surface area contributed by atoms with Gasteiger partial charge in [-0.15, -0.1) is 0 Å². The van der Waals surface area contributed by atoms with Crippen LogP contribution in [0.4, 0.5) is 13.2 Å². The first-order valence-electron chi connectivity index (χ1n) is 11.7. The Morgan fingerprint density at radius 3 is 2.26 bits per heavy atom. The number of ether oxygens (including phenoxy) is 1. The maximum Gasteiger partial charge on any atom is 0.416 e. The standard InChI is InChI=1S/C29H36F3NO/c1-8-11-12-23(10-3)28(20(4)24-15-13-22(9-2)14-16-24)33(6)21(5)26-18-17-25(29(30,31)32)19-27(26)34-7/h10-20,28H,5,8-9H2,1-4,6-7H3/b12-11-,23-10+. The Hall–Kier alpha value is -2.95. The van der Waals surface area contributed by atoms with E-state index in [1.165, 1.54) is 24.3 Å². The molecule has 2 aromatic carbocycles. The average molecular weight is 472 g/mol. The van der Waals surface area contributed by atoms with E-state index in [9.17, 15) is 13.2 Å². The van der Waals surface area contributed by atoms with E-state index in [0.717, 1.165) is 30.5 Å². The van der Waals surface area contributed by atoms with Crippen molar-refractivity contribution in [3.63, 3.8) is 0 Å². The molecule has 2 unspecified atom stereocenters. The number of likely N-dealkylation sites (N-methyl/N-ethyl adjacent to an activating group) is 1. The monoisotopic (exact) mass is 471 g/mol. The number of hydrogen-bond donors (Lipinski definition) is 0. The molecule has 0 fully saturated rings. The summed E-state index contributed by atoms with van der Waals surface area (Å²) in [5, 5.41) is 0. The maximum atomic E-state index is 13.2. The first-order chi connectivity index (χ1) is 16.1. The van der Waals surface area contributed by atoms with Gasteiger partial charge in [0.2, 0.25) is 0 Å². The summed E-state index contributed by atoms with van der Waals surface area (Å²) in [5.74, 6) is 0.248. The van der Waals surface area contributed by atoms with E-state index in [1.807, 2.05) is 18.9 Å². The largest absolute Gasteiger partial charge is 0.496 e. The molecule has 0 aliphatic heterocycles. The fraction of sp³-hybridized carbons (Fsp3) is 0.379. The van der Waals surface area contributed by atoms with Gasteiger partial charge in [0, 0.05) is 24.2 Å². The first kappa shape index (κ1) is 27.3. The van der Waals surface area contributed by atoms with Crippen molar-refractivity contribution >= 4 is 5.70 Å². The van der Waals surface area contributed by atoms with Gasteiger partial charge in [-0.05, 0) is 54.7 Å². The normalized spacial score (nSPS) is 14.2. The zero-order valence-corrected chi connectivity index (χ0v) is 21.0. The summed E-state index contributed by atoms with van der Waals surface area (Å²) in [6, 6.07) is 12.1. The molecule has 2 aromatic rings. The van der Waals surface area contributed by atoms with Crippen molar-refractivity contribution in [1.29, 1.82) is 0 Å². The molecule has 0 N–H and O–H groups in total. The fourth-order valence-corrected chi connectivity index (χ4v) is 4.17. The van der Waals surface area contributed by atoms with Crippen LogP contribution in [0.15, 0.2) is 72.8 Å². The van der Waals surface area contributed by atoms with Gasteiger partial charge in [-0.1, -0.05) is 69.8 Å². The van der Waals surface area contributed by atoms with Crippen molar-refractivity contribution in [2.24, 2.45) is 0 Å². The summed E-state index contributed by atoms with van der Waals surface area (Å²) >= 11 is 0. The SMILES string of the molecule is C=C(c1ccc(C(F)(F)F)cc1OC)N(C)C(C(/C=C\CC)=C/C)C(C)c1ccc(CC)cc1. The molecule has 0 heterocycles. The second-order valence-corrected chi connectivity index (χ2v) is 8.40. The van der Waals surface area contributed by atoms with Crippen LogP contribution in [0.2, 0.25) is 0 Å². The van der Waals surface area contributed by atoms with Crippen molar-refractivity contribution in [2.45, 2.75) is 58.7 Å². The molecule has 184 valence electrons. The van der Waals surface area contributed by atoms with Crippen molar-refractivity contribution in [2.75, 3.05) is 14.2 Å². The summed E-state index contributed by atoms with van der Waals surface area (Å²) in [6.45, 7) is 12.6. The molecule has 0 bridgehead atoms. The summed E-state index contributed by atoms with van der Waals surface area (Å²) in [6.07, 6.45) is 3.76. The van der Waals surface area contributed by atoms with Gasteiger partial charge >= 0.3 is 6.18 Å². The van der Waals surface area contributed by atoms with Crippen LogP contribution in [-0.2, 0) is 12.6 Å². The molecule has 0 aliphatic rings. The highest BCUT2D eigenvalue weighted by atomic mass is 19.4. The minimum atomic E-state index is -4.44. The van der Waals surface area contributed by atoms with Crippen molar-refractivity contribution in [3.05, 3.63) is 95.1 Å². The Balaban J connectivity index is 2.53. The lowest BCUT2D eigenvalue weighted by Gasteiger charge is -2.37. The molecule has 0 saturated carbocycles. The molecule has 34 heavy (non-hydrogen) atoms. The smallest absolute Gasteiger partial charge is 0.416 e. The molecule has 0 aromatic heterocycles. The summed E-state index contributed by atoms with van der Waals surface area (Å²) < 4.78 is 45.1. The number of alkyl halides is 3. The van der Waals surface area contributed by atoms with Crippen LogP contribution < -0.4 is 4.74 Å². The van der Waals surface area contributed by atoms with E-state index in [2.05, 4.69) is 69.8 Å². The van der Waals surface area contributed by atoms with Gasteiger partial charge in [0.15, 0.2) is 0 Å². The van der Waals surface area contributed by atoms with Crippen molar-refractivity contribution < 1.29 is 17.9 Å². The zero-order valence-electron chi connectivity index (χ0n) is 21.0. The van der Waals surface area contributed by atoms with Gasteiger partial charge in [0.05, 0.1) is 18.7 Å². The minimum Gasteiger partial charge on any atom is -0.496 e. The molecule has 0 radical (unpaired) electrons. The molecule has 0 aliphatic carbocycles. The highest BCUT2D eigenvalue weighted by Crippen LogP contribution is 2.38. The number of methoxy groups -OCH3 is 1. The molecule has 5 heteroatoms. The third kappa shape index (κ3) is 6.34. The number of halogens is 3. The first-order valence-corrected chi connectivity index (χ1v) is 11.7. The second kappa shape index (κ2) is 12.0. The number of allylic oxidation sites excluding steroid dienone is 2. The lowest BCUT2D eigenvalue weighted by Crippen LogP contribution is -2.36. The number of aryl methyl sites for hydroxylation is 1. The zero-order chi connectivity index (χ0) is 25.5. The Morgan fingerprint density at radius 1 is 1.12 bits per heavy atom. The number of hydrogen-bond acceptors (Lipinski definition) is 2. The molecule has 2 atom stereocenters. The fourth-order valence-electron chi connectivity index (χ4n) is 4.17. The summed E-state index contributed by atoms with van der Waals surface area (Å²) in [4.78, 5) is 2.04. The van der Waals surface area contributed by atoms with Gasteiger partial charge in [0.1, 0.15) is 5.75 Å². The lowest BCUT2D eigenvalue weighted by molar-refractivity contribution is -0.137. The van der Waals surface area contributed by atoms with Gasteiger partial charge in [-0.3, -0.25) is 0 Å². The third-order valence-electron chi connectivity index (χ3n) is 6.29. The van der Waals surface area contributed by atoms with Crippen molar-refractivity contribution in [1.82, 2.24) is 4.90 Å². The molecule has 0 saturated heterocycles. The maximum absolute atomic E-state index is 13.2. The van der Waals surface area contributed by atoms with E-state index in [0.29, 0.717) is 11.3 Å². The van der Waals surface area contributed by atoms with E-state index in [4.69, 9.17) is 4.74 Å². The Bertz CT molecular complexity index is 1020. The average Bonchev–Trinajstić information content (AvgIpc) is 2.84. The number of benzene rings is 2. The van der Waals surface area contributed by atoms with Crippen LogP contribution in [0, 0.1) is 0 Å². The Kier molecular flexibility index (Phi) is 9.60. The molecular weight excluding hydrogens is 435 g/mol. The number of rotatable bonds is 10. The van der Waals surface area contributed by atoms with Crippen LogP contribution in [0.1, 0.15) is 62.3 Å². The van der Waals surface area contributed by atoms with Gasteiger partial charge in [-0.2, -0.15) is 13.2 Å². The van der Waals surface area contributed by atoms with E-state index >= 15 is 0 Å². The second-order valence-electron chi connectivity index (χ2n) is 8.40. The molecule has 0 spiro atoms. The molecular formula is C29H36F3NO. The predicted molar refractivity (Wildman–Crippen MR) is 136 cm³/mol. The van der Waals surface area contributed by atoms with E-state index in [-0.39, 0.29) is 17.7 Å². The Labute approximate surface area is 202 Å². The molecule has 0 amide bonds. The highest BCUT2D eigenvalue weighted by molar-refractivity contribution is 5.69. The lowest BCUT2D eigenvalue weighted by atomic mass is 9.85.